The summed E-state index contributed by atoms with van der Waals surface area (Å²) in [6.07, 6.45) is 2.27. The number of hydrogen-bond donors (Lipinski definition) is 1. The van der Waals surface area contributed by atoms with Crippen LogP contribution in [0.1, 0.15) is 5.56 Å². The van der Waals surface area contributed by atoms with Gasteiger partial charge >= 0.3 is 0 Å². The molecule has 1 aliphatic heterocycles. The number of sulfonamides is 1. The van der Waals surface area contributed by atoms with Gasteiger partial charge in [-0.15, -0.1) is 0 Å². The molecule has 1 heterocycles. The predicted octanol–water partition coefficient (Wildman–Crippen LogP) is 1.70. The monoisotopic (exact) mass is 440 g/mol. The fraction of sp³-hybridized carbons (Fsp3) is 0.143. The SMILES string of the molecule is O=C1C=C(CO)C2C(C1=O)C(c1ccccc1)=CN2S(=O)(=O)c1ccc([N+](=O)[O-])cc1. The fourth-order valence-corrected chi connectivity index (χ4v) is 5.39. The van der Waals surface area contributed by atoms with Crippen LogP contribution >= 0.6 is 0 Å². The van der Waals surface area contributed by atoms with E-state index in [1.54, 1.807) is 30.3 Å². The number of allylic oxidation sites excluding steroid dienone is 1. The third-order valence-corrected chi connectivity index (χ3v) is 7.08. The summed E-state index contributed by atoms with van der Waals surface area (Å²) in [6.45, 7) is -0.609. The van der Waals surface area contributed by atoms with Crippen LogP contribution < -0.4 is 0 Å². The summed E-state index contributed by atoms with van der Waals surface area (Å²) < 4.78 is 27.8. The van der Waals surface area contributed by atoms with Crippen molar-refractivity contribution in [3.05, 3.63) is 88.1 Å². The van der Waals surface area contributed by atoms with Gasteiger partial charge in [0.1, 0.15) is 0 Å². The number of hydrogen-bond acceptors (Lipinski definition) is 7. The molecule has 0 spiro atoms. The minimum Gasteiger partial charge on any atom is -0.392 e. The molecule has 2 atom stereocenters. The predicted molar refractivity (Wildman–Crippen MR) is 109 cm³/mol. The number of carbonyl (C=O) groups excluding carboxylic acids is 2. The normalized spacial score (nSPS) is 20.9. The van der Waals surface area contributed by atoms with Gasteiger partial charge in [-0.3, -0.25) is 24.0 Å². The molecule has 0 radical (unpaired) electrons. The molecule has 0 aromatic heterocycles. The molecule has 2 unspecified atom stereocenters. The van der Waals surface area contributed by atoms with Crippen LogP contribution in [0, 0.1) is 16.0 Å². The second-order valence-electron chi connectivity index (χ2n) is 7.06. The Morgan fingerprint density at radius 3 is 2.26 bits per heavy atom. The van der Waals surface area contributed by atoms with Crippen molar-refractivity contribution in [1.82, 2.24) is 4.31 Å². The van der Waals surface area contributed by atoms with Gasteiger partial charge in [-0.05, 0) is 34.9 Å². The van der Waals surface area contributed by atoms with Crippen molar-refractivity contribution >= 4 is 32.9 Å². The third-order valence-electron chi connectivity index (χ3n) is 5.33. The number of aliphatic hydroxyl groups excluding tert-OH is 1. The van der Waals surface area contributed by atoms with E-state index in [0.29, 0.717) is 11.1 Å². The quantitative estimate of drug-likeness (QED) is 0.425. The summed E-state index contributed by atoms with van der Waals surface area (Å²) >= 11 is 0. The first-order valence-electron chi connectivity index (χ1n) is 9.20. The highest BCUT2D eigenvalue weighted by atomic mass is 32.2. The standard InChI is InChI=1S/C21H16N2O7S/c24-12-14-10-18(25)21(26)19-17(13-4-2-1-3-5-13)11-22(20(14)19)31(29,30)16-8-6-15(7-9-16)23(27)28/h1-11,19-20,24H,12H2. The molecule has 1 aliphatic carbocycles. The number of nitro groups is 1. The number of benzene rings is 2. The van der Waals surface area contributed by atoms with Crippen molar-refractivity contribution in [3.63, 3.8) is 0 Å². The molecular formula is C21H16N2O7S. The van der Waals surface area contributed by atoms with Crippen molar-refractivity contribution in [1.29, 1.82) is 0 Å². The number of aliphatic hydroxyl groups is 1. The fourth-order valence-electron chi connectivity index (χ4n) is 3.86. The Hall–Kier alpha value is -3.63. The Kier molecular flexibility index (Phi) is 5.03. The van der Waals surface area contributed by atoms with Crippen LogP contribution in [-0.2, 0) is 19.6 Å². The average molecular weight is 440 g/mol. The highest BCUT2D eigenvalue weighted by Crippen LogP contribution is 2.44. The molecule has 2 aromatic rings. The maximum absolute atomic E-state index is 13.4. The molecular weight excluding hydrogens is 424 g/mol. The van der Waals surface area contributed by atoms with Crippen molar-refractivity contribution in [2.24, 2.45) is 5.92 Å². The first-order valence-corrected chi connectivity index (χ1v) is 10.6. The first kappa shape index (κ1) is 20.6. The van der Waals surface area contributed by atoms with Gasteiger partial charge in [0.05, 0.1) is 28.4 Å². The minimum atomic E-state index is -4.26. The summed E-state index contributed by atoms with van der Waals surface area (Å²) in [4.78, 5) is 35.0. The first-order chi connectivity index (χ1) is 14.8. The zero-order valence-corrected chi connectivity index (χ0v) is 16.7. The van der Waals surface area contributed by atoms with Crippen LogP contribution in [0.15, 0.2) is 77.3 Å². The molecule has 0 saturated carbocycles. The maximum atomic E-state index is 13.4. The lowest BCUT2D eigenvalue weighted by molar-refractivity contribution is -0.384. The molecule has 31 heavy (non-hydrogen) atoms. The zero-order chi connectivity index (χ0) is 22.3. The Morgan fingerprint density at radius 2 is 1.68 bits per heavy atom. The Labute approximate surface area is 177 Å². The highest BCUT2D eigenvalue weighted by molar-refractivity contribution is 7.89. The largest absolute Gasteiger partial charge is 0.392 e. The van der Waals surface area contributed by atoms with Gasteiger partial charge in [-0.25, -0.2) is 8.42 Å². The van der Waals surface area contributed by atoms with Crippen LogP contribution in [0.3, 0.4) is 0 Å². The Bertz CT molecular complexity index is 1250. The number of rotatable bonds is 5. The summed E-state index contributed by atoms with van der Waals surface area (Å²) in [5.74, 6) is -2.67. The van der Waals surface area contributed by atoms with Gasteiger partial charge in [0.2, 0.25) is 11.6 Å². The van der Waals surface area contributed by atoms with Crippen molar-refractivity contribution in [3.8, 4) is 0 Å². The highest BCUT2D eigenvalue weighted by Gasteiger charge is 2.50. The van der Waals surface area contributed by atoms with Gasteiger partial charge in [0, 0.05) is 18.3 Å². The molecule has 0 saturated heterocycles. The van der Waals surface area contributed by atoms with Crippen LogP contribution in [0.2, 0.25) is 0 Å². The number of Topliss-reactive ketones (excluding diaryl/α,β-unsaturated/α-hetero) is 1. The van der Waals surface area contributed by atoms with Gasteiger partial charge < -0.3 is 5.11 Å². The molecule has 2 aromatic carbocycles. The molecule has 4 rings (SSSR count). The topological polar surface area (TPSA) is 135 Å². The second-order valence-corrected chi connectivity index (χ2v) is 8.91. The van der Waals surface area contributed by atoms with E-state index in [1.807, 2.05) is 0 Å². The second kappa shape index (κ2) is 7.56. The van der Waals surface area contributed by atoms with Crippen LogP contribution in [0.4, 0.5) is 5.69 Å². The third kappa shape index (κ3) is 3.35. The van der Waals surface area contributed by atoms with Gasteiger partial charge in [0.15, 0.2) is 0 Å². The van der Waals surface area contributed by atoms with E-state index in [9.17, 15) is 33.2 Å². The lowest BCUT2D eigenvalue weighted by atomic mass is 9.78. The Balaban J connectivity index is 1.88. The number of nitrogens with zero attached hydrogens (tertiary/aromatic N) is 2. The lowest BCUT2D eigenvalue weighted by Crippen LogP contribution is -2.46. The molecule has 0 fully saturated rings. The number of nitro benzene ring substituents is 1. The maximum Gasteiger partial charge on any atom is 0.269 e. The van der Waals surface area contributed by atoms with Crippen molar-refractivity contribution in [2.75, 3.05) is 6.61 Å². The lowest BCUT2D eigenvalue weighted by Gasteiger charge is -2.32. The van der Waals surface area contributed by atoms with Crippen LogP contribution in [0.25, 0.3) is 5.57 Å². The summed E-state index contributed by atoms with van der Waals surface area (Å²) in [7, 11) is -4.26. The van der Waals surface area contributed by atoms with Gasteiger partial charge in [-0.1, -0.05) is 30.3 Å². The molecule has 9 nitrogen and oxygen atoms in total. The molecule has 2 aliphatic rings. The van der Waals surface area contributed by atoms with E-state index in [0.717, 1.165) is 34.6 Å². The van der Waals surface area contributed by atoms with E-state index in [2.05, 4.69) is 0 Å². The molecule has 0 bridgehead atoms. The van der Waals surface area contributed by atoms with Crippen molar-refractivity contribution < 1.29 is 28.0 Å². The molecule has 0 amide bonds. The van der Waals surface area contributed by atoms with E-state index in [4.69, 9.17) is 0 Å². The summed E-state index contributed by atoms with van der Waals surface area (Å²) in [5.41, 5.74) is 0.739. The number of fused-ring (bicyclic) bond motifs is 1. The molecule has 158 valence electrons. The summed E-state index contributed by atoms with van der Waals surface area (Å²) in [6, 6.07) is 11.8. The van der Waals surface area contributed by atoms with Crippen LogP contribution in [0.5, 0.6) is 0 Å². The molecule has 10 heteroatoms. The van der Waals surface area contributed by atoms with E-state index in [1.165, 1.54) is 6.20 Å². The van der Waals surface area contributed by atoms with Gasteiger partial charge in [0.25, 0.3) is 15.7 Å². The zero-order valence-electron chi connectivity index (χ0n) is 15.9. The van der Waals surface area contributed by atoms with E-state index >= 15 is 0 Å². The van der Waals surface area contributed by atoms with Gasteiger partial charge in [-0.2, -0.15) is 0 Å². The minimum absolute atomic E-state index is 0.0993. The van der Waals surface area contributed by atoms with Crippen molar-refractivity contribution in [2.45, 2.75) is 10.9 Å². The number of ketones is 2. The van der Waals surface area contributed by atoms with E-state index in [-0.39, 0.29) is 16.2 Å². The van der Waals surface area contributed by atoms with E-state index < -0.39 is 45.1 Å². The average Bonchev–Trinajstić information content (AvgIpc) is 3.19. The number of carbonyl (C=O) groups is 2. The number of non-ortho nitro benzene ring substituents is 1. The van der Waals surface area contributed by atoms with Crippen LogP contribution in [-0.4, -0.2) is 47.0 Å². The Morgan fingerprint density at radius 1 is 1.03 bits per heavy atom. The summed E-state index contributed by atoms with van der Waals surface area (Å²) in [5, 5.41) is 20.7. The molecule has 1 N–H and O–H groups in total. The smallest absolute Gasteiger partial charge is 0.269 e.